The number of nitrogens with two attached hydrogens (primary N) is 1. The van der Waals surface area contributed by atoms with Crippen LogP contribution in [-0.2, 0) is 4.79 Å². The van der Waals surface area contributed by atoms with Crippen molar-refractivity contribution in [3.05, 3.63) is 54.6 Å². The molecule has 0 aliphatic carbocycles. The van der Waals surface area contributed by atoms with Crippen LogP contribution in [-0.4, -0.2) is 45.7 Å². The fourth-order valence-electron chi connectivity index (χ4n) is 4.45. The summed E-state index contributed by atoms with van der Waals surface area (Å²) in [7, 11) is 1.80. The van der Waals surface area contributed by atoms with Gasteiger partial charge in [0.25, 0.3) is 0 Å². The number of carbonyl (C=O) groups excluding carboxylic acids is 1. The van der Waals surface area contributed by atoms with E-state index in [-0.39, 0.29) is 17.9 Å². The minimum atomic E-state index is -0.128. The highest BCUT2D eigenvalue weighted by Gasteiger charge is 2.31. The molecule has 0 bridgehead atoms. The Kier molecular flexibility index (Phi) is 5.75. The van der Waals surface area contributed by atoms with Gasteiger partial charge in [0.2, 0.25) is 11.9 Å². The van der Waals surface area contributed by atoms with Crippen molar-refractivity contribution in [3.63, 3.8) is 0 Å². The van der Waals surface area contributed by atoms with Crippen LogP contribution in [0.1, 0.15) is 19.8 Å². The predicted octanol–water partition coefficient (Wildman–Crippen LogP) is 3.89. The summed E-state index contributed by atoms with van der Waals surface area (Å²) in [5.41, 5.74) is 9.30. The number of aromatic amines is 1. The molecule has 1 aliphatic heterocycles. The molecule has 2 aromatic heterocycles. The van der Waals surface area contributed by atoms with E-state index in [1.807, 2.05) is 54.6 Å². The summed E-state index contributed by atoms with van der Waals surface area (Å²) in [5.74, 6) is 1.71. The molecule has 4 aromatic rings. The average Bonchev–Trinajstić information content (AvgIpc) is 3.24. The molecule has 3 heterocycles. The van der Waals surface area contributed by atoms with Crippen molar-refractivity contribution in [2.45, 2.75) is 25.8 Å². The molecular formula is C25H28N8O. The summed E-state index contributed by atoms with van der Waals surface area (Å²) < 4.78 is 0. The largest absolute Gasteiger partial charge is 0.382 e. The maximum Gasteiger partial charge on any atom is 0.229 e. The summed E-state index contributed by atoms with van der Waals surface area (Å²) >= 11 is 0. The van der Waals surface area contributed by atoms with Gasteiger partial charge in [-0.2, -0.15) is 10.1 Å². The first kappa shape index (κ1) is 21.7. The molecule has 1 aliphatic rings. The number of fused-ring (bicyclic) bond motifs is 1. The highest BCUT2D eigenvalue weighted by atomic mass is 16.1. The van der Waals surface area contributed by atoms with Gasteiger partial charge in [-0.1, -0.05) is 24.3 Å². The van der Waals surface area contributed by atoms with Gasteiger partial charge in [-0.15, -0.1) is 0 Å². The molecule has 5 N–H and O–H groups in total. The molecule has 1 saturated heterocycles. The first-order chi connectivity index (χ1) is 16.5. The molecule has 0 spiro atoms. The van der Waals surface area contributed by atoms with Crippen LogP contribution < -0.4 is 21.3 Å². The quantitative estimate of drug-likeness (QED) is 0.359. The molecule has 9 heteroatoms. The van der Waals surface area contributed by atoms with Gasteiger partial charge in [-0.05, 0) is 44.0 Å². The van der Waals surface area contributed by atoms with E-state index >= 15 is 0 Å². The summed E-state index contributed by atoms with van der Waals surface area (Å²) in [6, 6.07) is 17.7. The smallest absolute Gasteiger partial charge is 0.229 e. The van der Waals surface area contributed by atoms with E-state index in [4.69, 9.17) is 10.7 Å². The molecule has 174 valence electrons. The van der Waals surface area contributed by atoms with E-state index < -0.39 is 0 Å². The average molecular weight is 457 g/mol. The van der Waals surface area contributed by atoms with E-state index in [9.17, 15) is 4.79 Å². The van der Waals surface area contributed by atoms with Crippen molar-refractivity contribution < 1.29 is 4.79 Å². The van der Waals surface area contributed by atoms with Gasteiger partial charge >= 0.3 is 0 Å². The Morgan fingerprint density at radius 3 is 2.74 bits per heavy atom. The van der Waals surface area contributed by atoms with Crippen LogP contribution in [0.4, 0.5) is 23.3 Å². The van der Waals surface area contributed by atoms with Gasteiger partial charge in [0.05, 0.1) is 17.1 Å². The number of carbonyl (C=O) groups is 1. The van der Waals surface area contributed by atoms with Gasteiger partial charge in [0, 0.05) is 42.3 Å². The van der Waals surface area contributed by atoms with Gasteiger partial charge in [-0.3, -0.25) is 9.89 Å². The van der Waals surface area contributed by atoms with Crippen LogP contribution in [0.5, 0.6) is 0 Å². The molecule has 2 aromatic carbocycles. The number of amides is 1. The Balaban J connectivity index is 1.43. The number of nitrogens with one attached hydrogen (secondary N) is 3. The topological polar surface area (TPSA) is 125 Å². The third kappa shape index (κ3) is 4.24. The molecule has 5 rings (SSSR count). The Labute approximate surface area is 197 Å². The Morgan fingerprint density at radius 1 is 1.12 bits per heavy atom. The van der Waals surface area contributed by atoms with Crippen molar-refractivity contribution in [2.24, 2.45) is 5.92 Å². The maximum absolute atomic E-state index is 13.0. The summed E-state index contributed by atoms with van der Waals surface area (Å²) in [6.07, 6.45) is 1.74. The Hall–Kier alpha value is -4.14. The lowest BCUT2D eigenvalue weighted by Crippen LogP contribution is -2.46. The van der Waals surface area contributed by atoms with Crippen LogP contribution in [0.15, 0.2) is 54.6 Å². The van der Waals surface area contributed by atoms with E-state index in [0.717, 1.165) is 46.5 Å². The molecule has 2 atom stereocenters. The van der Waals surface area contributed by atoms with Crippen LogP contribution in [0.25, 0.3) is 22.2 Å². The third-order valence-electron chi connectivity index (χ3n) is 6.41. The predicted molar refractivity (Wildman–Crippen MR) is 136 cm³/mol. The second kappa shape index (κ2) is 9.01. The molecule has 0 saturated carbocycles. The highest BCUT2D eigenvalue weighted by molar-refractivity contribution is 5.93. The normalized spacial score (nSPS) is 18.1. The van der Waals surface area contributed by atoms with E-state index in [1.54, 1.807) is 7.05 Å². The number of H-pyrrole nitrogens is 1. The van der Waals surface area contributed by atoms with Crippen molar-refractivity contribution in [1.29, 1.82) is 0 Å². The highest BCUT2D eigenvalue weighted by Crippen LogP contribution is 2.32. The van der Waals surface area contributed by atoms with Crippen LogP contribution >= 0.6 is 0 Å². The van der Waals surface area contributed by atoms with Crippen molar-refractivity contribution in [1.82, 2.24) is 20.2 Å². The molecule has 1 fully saturated rings. The fraction of sp³-hybridized carbons (Fsp3) is 0.280. The van der Waals surface area contributed by atoms with Gasteiger partial charge in [0.15, 0.2) is 5.82 Å². The number of para-hydroxylation sites is 1. The second-order valence-corrected chi connectivity index (χ2v) is 8.69. The lowest BCUT2D eigenvalue weighted by molar-refractivity contribution is -0.120. The monoisotopic (exact) mass is 456 g/mol. The number of anilines is 4. The van der Waals surface area contributed by atoms with Crippen LogP contribution in [0.3, 0.4) is 0 Å². The molecular weight excluding hydrogens is 428 g/mol. The maximum atomic E-state index is 13.0. The second-order valence-electron chi connectivity index (χ2n) is 8.69. The number of hydrogen-bond acceptors (Lipinski definition) is 7. The van der Waals surface area contributed by atoms with Crippen molar-refractivity contribution in [2.75, 3.05) is 34.9 Å². The Morgan fingerprint density at radius 2 is 1.94 bits per heavy atom. The number of nitrogen functional groups attached to an aromatic ring is 1. The standard InChI is InChI=1S/C25H28N8O/c1-15-8-9-17(24(34)28-18-6-4-3-5-7-18)14-33(15)22-13-20(29-25(27-2)30-22)16-10-11-19-21(12-16)31-32-23(19)26/h3-7,10-13,15,17H,8-9,14H2,1-2H3,(H,28,34)(H3,26,31,32)(H,27,29,30). The SMILES string of the molecule is CNc1nc(-c2ccc3c(N)n[nH]c3c2)cc(N2CC(C(=O)Nc3ccccc3)CCC2C)n1. The zero-order chi connectivity index (χ0) is 23.7. The van der Waals surface area contributed by atoms with Crippen molar-refractivity contribution >= 4 is 40.1 Å². The van der Waals surface area contributed by atoms with E-state index in [2.05, 4.69) is 37.6 Å². The zero-order valence-corrected chi connectivity index (χ0v) is 19.2. The summed E-state index contributed by atoms with van der Waals surface area (Å²) in [4.78, 5) is 24.6. The van der Waals surface area contributed by atoms with Gasteiger partial charge in [-0.25, -0.2) is 4.98 Å². The third-order valence-corrected chi connectivity index (χ3v) is 6.41. The van der Waals surface area contributed by atoms with E-state index in [0.29, 0.717) is 18.3 Å². The number of hydrogen-bond donors (Lipinski definition) is 4. The number of nitrogens with zero attached hydrogens (tertiary/aromatic N) is 4. The summed E-state index contributed by atoms with van der Waals surface area (Å²) in [5, 5.41) is 14.0. The molecule has 0 radical (unpaired) electrons. The van der Waals surface area contributed by atoms with Crippen LogP contribution in [0.2, 0.25) is 0 Å². The minimum Gasteiger partial charge on any atom is -0.382 e. The molecule has 9 nitrogen and oxygen atoms in total. The van der Waals surface area contributed by atoms with Crippen LogP contribution in [0, 0.1) is 5.92 Å². The number of aromatic nitrogens is 4. The first-order valence-electron chi connectivity index (χ1n) is 11.4. The Bertz CT molecular complexity index is 1320. The number of rotatable bonds is 5. The van der Waals surface area contributed by atoms with E-state index in [1.165, 1.54) is 0 Å². The lowest BCUT2D eigenvalue weighted by atomic mass is 9.92. The minimum absolute atomic E-state index is 0.0357. The molecule has 2 unspecified atom stereocenters. The number of piperidine rings is 1. The molecule has 1 amide bonds. The zero-order valence-electron chi connectivity index (χ0n) is 19.2. The van der Waals surface area contributed by atoms with Gasteiger partial charge in [0.1, 0.15) is 5.82 Å². The number of benzene rings is 2. The lowest BCUT2D eigenvalue weighted by Gasteiger charge is -2.38. The summed E-state index contributed by atoms with van der Waals surface area (Å²) in [6.45, 7) is 2.77. The fourth-order valence-corrected chi connectivity index (χ4v) is 4.45. The van der Waals surface area contributed by atoms with Crippen molar-refractivity contribution in [3.8, 4) is 11.3 Å². The molecule has 34 heavy (non-hydrogen) atoms. The van der Waals surface area contributed by atoms with Gasteiger partial charge < -0.3 is 21.3 Å². The first-order valence-corrected chi connectivity index (χ1v) is 11.4.